The zero-order valence-electron chi connectivity index (χ0n) is 7.91. The molecule has 2 atom stereocenters. The van der Waals surface area contributed by atoms with Crippen LogP contribution in [0, 0.1) is 0 Å². The predicted octanol–water partition coefficient (Wildman–Crippen LogP) is 1.07. The summed E-state index contributed by atoms with van der Waals surface area (Å²) in [6.45, 7) is 6.58. The second kappa shape index (κ2) is 5.69. The Bertz CT molecular complexity index is 111. The van der Waals surface area contributed by atoms with Crippen molar-refractivity contribution in [2.75, 3.05) is 19.8 Å². The van der Waals surface area contributed by atoms with Gasteiger partial charge < -0.3 is 13.6 Å². The average Bonchev–Trinajstić information content (AvgIpc) is 2.84. The molecule has 0 aromatic rings. The van der Waals surface area contributed by atoms with Gasteiger partial charge in [-0.3, -0.25) is 0 Å². The predicted molar refractivity (Wildman–Crippen MR) is 49.6 cm³/mol. The van der Waals surface area contributed by atoms with Crippen LogP contribution in [0.1, 0.15) is 20.3 Å². The molecule has 0 bridgehead atoms. The quantitative estimate of drug-likeness (QED) is 0.444. The molecule has 0 spiro atoms. The maximum Gasteiger partial charge on any atom is 0.321 e. The lowest BCUT2D eigenvalue weighted by atomic mass is 10.5. The Morgan fingerprint density at radius 3 is 2.67 bits per heavy atom. The summed E-state index contributed by atoms with van der Waals surface area (Å²) in [5.41, 5.74) is 0. The van der Waals surface area contributed by atoms with Gasteiger partial charge >= 0.3 is 9.28 Å². The molecule has 2 unspecified atom stereocenters. The first kappa shape index (κ1) is 10.2. The van der Waals surface area contributed by atoms with E-state index in [2.05, 4.69) is 6.92 Å². The first-order chi connectivity index (χ1) is 5.86. The molecule has 1 heterocycles. The minimum absolute atomic E-state index is 0.373. The van der Waals surface area contributed by atoms with Crippen molar-refractivity contribution in [1.29, 1.82) is 0 Å². The van der Waals surface area contributed by atoms with E-state index in [9.17, 15) is 0 Å². The zero-order valence-corrected chi connectivity index (χ0v) is 9.07. The molecule has 1 aliphatic heterocycles. The molecule has 0 aliphatic carbocycles. The third kappa shape index (κ3) is 4.20. The molecule has 1 saturated heterocycles. The van der Waals surface area contributed by atoms with Crippen LogP contribution in [0.25, 0.3) is 0 Å². The van der Waals surface area contributed by atoms with E-state index in [0.717, 1.165) is 32.3 Å². The Kier molecular flexibility index (Phi) is 4.83. The van der Waals surface area contributed by atoms with E-state index in [0.29, 0.717) is 6.10 Å². The largest absolute Gasteiger partial charge is 0.397 e. The average molecular weight is 190 g/mol. The second-order valence-corrected chi connectivity index (χ2v) is 5.07. The van der Waals surface area contributed by atoms with Crippen molar-refractivity contribution in [1.82, 2.24) is 0 Å². The fourth-order valence-corrected chi connectivity index (χ4v) is 2.72. The third-order valence-electron chi connectivity index (χ3n) is 1.75. The number of epoxide rings is 1. The van der Waals surface area contributed by atoms with E-state index in [1.54, 1.807) is 0 Å². The van der Waals surface area contributed by atoms with E-state index >= 15 is 0 Å². The molecule has 12 heavy (non-hydrogen) atoms. The van der Waals surface area contributed by atoms with Crippen LogP contribution < -0.4 is 0 Å². The van der Waals surface area contributed by atoms with Gasteiger partial charge in [0.25, 0.3) is 0 Å². The summed E-state index contributed by atoms with van der Waals surface area (Å²) >= 11 is 0. The molecule has 0 aromatic heterocycles. The van der Waals surface area contributed by atoms with Crippen LogP contribution in [0.4, 0.5) is 0 Å². The van der Waals surface area contributed by atoms with Gasteiger partial charge in [0.15, 0.2) is 0 Å². The summed E-state index contributed by atoms with van der Waals surface area (Å²) in [6.07, 6.45) is 1.53. The van der Waals surface area contributed by atoms with Gasteiger partial charge in [-0.1, -0.05) is 13.3 Å². The Labute approximate surface area is 75.9 Å². The summed E-state index contributed by atoms with van der Waals surface area (Å²) in [5, 5.41) is 0. The first-order valence-corrected chi connectivity index (χ1v) is 6.47. The highest BCUT2D eigenvalue weighted by Gasteiger charge is 2.24. The van der Waals surface area contributed by atoms with Crippen LogP contribution in [0.3, 0.4) is 0 Å². The lowest BCUT2D eigenvalue weighted by Gasteiger charge is -2.13. The fraction of sp³-hybridized carbons (Fsp3) is 1.00. The molecular formula is C8H18O3Si. The van der Waals surface area contributed by atoms with E-state index in [1.807, 2.05) is 6.92 Å². The van der Waals surface area contributed by atoms with E-state index < -0.39 is 9.28 Å². The molecule has 0 N–H and O–H groups in total. The van der Waals surface area contributed by atoms with Gasteiger partial charge in [0.1, 0.15) is 6.10 Å². The Hall–Kier alpha value is 0.0969. The summed E-state index contributed by atoms with van der Waals surface area (Å²) in [7, 11) is -1.33. The highest BCUT2D eigenvalue weighted by Crippen LogP contribution is 2.11. The van der Waals surface area contributed by atoms with Crippen LogP contribution in [-0.2, 0) is 13.6 Å². The smallest absolute Gasteiger partial charge is 0.321 e. The molecule has 0 saturated carbocycles. The Morgan fingerprint density at radius 1 is 1.42 bits per heavy atom. The van der Waals surface area contributed by atoms with Gasteiger partial charge in [-0.15, -0.1) is 0 Å². The lowest BCUT2D eigenvalue weighted by molar-refractivity contribution is 0.186. The lowest BCUT2D eigenvalue weighted by Crippen LogP contribution is -2.24. The molecule has 1 aliphatic rings. The SMILES string of the molecule is CCC[SiH](OCC)OCC1CO1. The molecule has 0 radical (unpaired) electrons. The molecular weight excluding hydrogens is 172 g/mol. The van der Waals surface area contributed by atoms with Crippen LogP contribution >= 0.6 is 0 Å². The van der Waals surface area contributed by atoms with Crippen molar-refractivity contribution >= 4 is 9.28 Å². The molecule has 4 heteroatoms. The number of rotatable bonds is 7. The summed E-state index contributed by atoms with van der Waals surface area (Å²) < 4.78 is 16.2. The monoisotopic (exact) mass is 190 g/mol. The normalized spacial score (nSPS) is 24.0. The van der Waals surface area contributed by atoms with Crippen molar-refractivity contribution in [2.24, 2.45) is 0 Å². The van der Waals surface area contributed by atoms with Gasteiger partial charge in [0, 0.05) is 6.61 Å². The minimum atomic E-state index is -1.33. The van der Waals surface area contributed by atoms with Crippen molar-refractivity contribution in [3.8, 4) is 0 Å². The Balaban J connectivity index is 2.03. The molecule has 3 nitrogen and oxygen atoms in total. The zero-order chi connectivity index (χ0) is 8.81. The third-order valence-corrected chi connectivity index (χ3v) is 4.07. The van der Waals surface area contributed by atoms with Crippen LogP contribution in [0.2, 0.25) is 6.04 Å². The van der Waals surface area contributed by atoms with Gasteiger partial charge in [-0.2, -0.15) is 0 Å². The van der Waals surface area contributed by atoms with Crippen LogP contribution in [0.15, 0.2) is 0 Å². The standard InChI is InChI=1S/C8H18O3Si/c1-3-5-12(10-4-2)11-7-8-6-9-8/h8,12H,3-7H2,1-2H3. The number of hydrogen-bond donors (Lipinski definition) is 0. The van der Waals surface area contributed by atoms with Crippen molar-refractivity contribution in [2.45, 2.75) is 32.4 Å². The second-order valence-electron chi connectivity index (χ2n) is 2.96. The molecule has 0 amide bonds. The van der Waals surface area contributed by atoms with Gasteiger partial charge in [0.05, 0.1) is 13.2 Å². The maximum absolute atomic E-state index is 5.64. The number of ether oxygens (including phenoxy) is 1. The minimum Gasteiger partial charge on any atom is -0.397 e. The van der Waals surface area contributed by atoms with Crippen LogP contribution in [-0.4, -0.2) is 35.2 Å². The summed E-state index contributed by atoms with van der Waals surface area (Å²) in [5.74, 6) is 0. The van der Waals surface area contributed by atoms with E-state index in [1.165, 1.54) is 0 Å². The van der Waals surface area contributed by atoms with E-state index in [4.69, 9.17) is 13.6 Å². The highest BCUT2D eigenvalue weighted by molar-refractivity contribution is 6.44. The first-order valence-electron chi connectivity index (χ1n) is 4.71. The van der Waals surface area contributed by atoms with Gasteiger partial charge in [-0.05, 0) is 13.0 Å². The highest BCUT2D eigenvalue weighted by atomic mass is 28.3. The van der Waals surface area contributed by atoms with Gasteiger partial charge in [-0.25, -0.2) is 0 Å². The summed E-state index contributed by atoms with van der Waals surface area (Å²) in [6, 6.07) is 1.11. The number of hydrogen-bond acceptors (Lipinski definition) is 3. The van der Waals surface area contributed by atoms with Crippen molar-refractivity contribution in [3.63, 3.8) is 0 Å². The van der Waals surface area contributed by atoms with Crippen molar-refractivity contribution < 1.29 is 13.6 Å². The fourth-order valence-electron chi connectivity index (χ4n) is 1.02. The Morgan fingerprint density at radius 2 is 2.17 bits per heavy atom. The van der Waals surface area contributed by atoms with Crippen LogP contribution in [0.5, 0.6) is 0 Å². The molecule has 0 aromatic carbocycles. The van der Waals surface area contributed by atoms with Crippen molar-refractivity contribution in [3.05, 3.63) is 0 Å². The molecule has 1 rings (SSSR count). The molecule has 1 fully saturated rings. The van der Waals surface area contributed by atoms with E-state index in [-0.39, 0.29) is 0 Å². The maximum atomic E-state index is 5.64. The topological polar surface area (TPSA) is 31.0 Å². The molecule has 72 valence electrons. The summed E-state index contributed by atoms with van der Waals surface area (Å²) in [4.78, 5) is 0. The van der Waals surface area contributed by atoms with Gasteiger partial charge in [0.2, 0.25) is 0 Å².